The van der Waals surface area contributed by atoms with Gasteiger partial charge in [-0.15, -0.1) is 11.3 Å². The molecule has 0 bridgehead atoms. The molecule has 0 radical (unpaired) electrons. The summed E-state index contributed by atoms with van der Waals surface area (Å²) in [6.07, 6.45) is 5.64. The molecule has 0 spiro atoms. The number of aliphatic hydroxyl groups excluding tert-OH is 1. The van der Waals surface area contributed by atoms with E-state index in [4.69, 9.17) is 0 Å². The van der Waals surface area contributed by atoms with Gasteiger partial charge in [-0.25, -0.2) is 14.8 Å². The van der Waals surface area contributed by atoms with E-state index in [2.05, 4.69) is 19.6 Å². The first-order valence-corrected chi connectivity index (χ1v) is 9.26. The summed E-state index contributed by atoms with van der Waals surface area (Å²) in [4.78, 5) is 25.4. The molecule has 0 aromatic carbocycles. The average molecular weight is 347 g/mol. The zero-order valence-corrected chi connectivity index (χ0v) is 14.5. The molecule has 2 aromatic rings. The molecule has 1 aliphatic heterocycles. The minimum atomic E-state index is -1.02. The van der Waals surface area contributed by atoms with E-state index >= 15 is 0 Å². The third-order valence-electron chi connectivity index (χ3n) is 5.21. The summed E-state index contributed by atoms with van der Waals surface area (Å²) >= 11 is 1.80. The van der Waals surface area contributed by atoms with E-state index in [0.717, 1.165) is 49.4 Å². The summed E-state index contributed by atoms with van der Waals surface area (Å²) in [7, 11) is 1.31. The molecule has 1 aliphatic carbocycles. The SMILES string of the molecule is COC(=O)C(O)C1CCN(c2ncnc3sc4c(c23)CCC4)CC1. The lowest BCUT2D eigenvalue weighted by molar-refractivity contribution is -0.153. The molecule has 24 heavy (non-hydrogen) atoms. The maximum Gasteiger partial charge on any atom is 0.334 e. The molecule has 7 heteroatoms. The van der Waals surface area contributed by atoms with Crippen molar-refractivity contribution in [2.45, 2.75) is 38.2 Å². The van der Waals surface area contributed by atoms with Crippen LogP contribution in [0.15, 0.2) is 6.33 Å². The van der Waals surface area contributed by atoms with Gasteiger partial charge in [-0.3, -0.25) is 0 Å². The Balaban J connectivity index is 1.56. The molecule has 1 unspecified atom stereocenters. The molecule has 128 valence electrons. The monoisotopic (exact) mass is 347 g/mol. The number of hydrogen-bond donors (Lipinski definition) is 1. The highest BCUT2D eigenvalue weighted by atomic mass is 32.1. The fourth-order valence-corrected chi connectivity index (χ4v) is 5.12. The van der Waals surface area contributed by atoms with Crippen LogP contribution in [0.3, 0.4) is 0 Å². The van der Waals surface area contributed by atoms with Crippen molar-refractivity contribution in [2.24, 2.45) is 5.92 Å². The lowest BCUT2D eigenvalue weighted by Gasteiger charge is -2.34. The Bertz CT molecular complexity index is 768. The van der Waals surface area contributed by atoms with Gasteiger partial charge >= 0.3 is 5.97 Å². The Kier molecular flexibility index (Phi) is 4.14. The van der Waals surface area contributed by atoms with Crippen molar-refractivity contribution in [1.82, 2.24) is 9.97 Å². The van der Waals surface area contributed by atoms with E-state index in [0.29, 0.717) is 0 Å². The summed E-state index contributed by atoms with van der Waals surface area (Å²) < 4.78 is 4.65. The molecule has 0 amide bonds. The predicted octanol–water partition coefficient (Wildman–Crippen LogP) is 1.93. The zero-order valence-electron chi connectivity index (χ0n) is 13.7. The van der Waals surface area contributed by atoms with E-state index < -0.39 is 12.1 Å². The van der Waals surface area contributed by atoms with Crippen molar-refractivity contribution in [3.05, 3.63) is 16.8 Å². The number of methoxy groups -OCH3 is 1. The van der Waals surface area contributed by atoms with Gasteiger partial charge in [0.2, 0.25) is 0 Å². The fourth-order valence-electron chi connectivity index (χ4n) is 3.89. The standard InChI is InChI=1S/C17H21N3O3S/c1-23-17(22)14(21)10-5-7-20(8-6-10)15-13-11-3-2-4-12(11)24-16(13)19-9-18-15/h9-10,14,21H,2-8H2,1H3. The number of carbonyl (C=O) groups excluding carboxylic acids is 1. The van der Waals surface area contributed by atoms with Crippen molar-refractivity contribution in [3.8, 4) is 0 Å². The Labute approximate surface area is 144 Å². The van der Waals surface area contributed by atoms with Crippen LogP contribution in [0.25, 0.3) is 10.2 Å². The number of anilines is 1. The number of thiophene rings is 1. The highest BCUT2D eigenvalue weighted by Gasteiger charge is 2.32. The van der Waals surface area contributed by atoms with Crippen LogP contribution < -0.4 is 4.90 Å². The number of aryl methyl sites for hydroxylation is 2. The van der Waals surface area contributed by atoms with E-state index in [-0.39, 0.29) is 5.92 Å². The van der Waals surface area contributed by atoms with Crippen molar-refractivity contribution < 1.29 is 14.6 Å². The Morgan fingerprint density at radius 3 is 2.92 bits per heavy atom. The van der Waals surface area contributed by atoms with Gasteiger partial charge in [-0.1, -0.05) is 0 Å². The Morgan fingerprint density at radius 2 is 2.17 bits per heavy atom. The van der Waals surface area contributed by atoms with Gasteiger partial charge in [-0.2, -0.15) is 0 Å². The third-order valence-corrected chi connectivity index (χ3v) is 6.41. The van der Waals surface area contributed by atoms with Crippen LogP contribution in [0.2, 0.25) is 0 Å². The quantitative estimate of drug-likeness (QED) is 0.855. The first-order valence-electron chi connectivity index (χ1n) is 8.45. The number of hydrogen-bond acceptors (Lipinski definition) is 7. The number of aromatic nitrogens is 2. The molecule has 3 heterocycles. The second kappa shape index (κ2) is 6.29. The van der Waals surface area contributed by atoms with E-state index in [1.165, 1.54) is 29.4 Å². The summed E-state index contributed by atoms with van der Waals surface area (Å²) in [5.74, 6) is 0.443. The smallest absolute Gasteiger partial charge is 0.334 e. The molecule has 1 N–H and O–H groups in total. The van der Waals surface area contributed by atoms with Gasteiger partial charge in [0, 0.05) is 18.0 Å². The number of rotatable bonds is 3. The minimum absolute atomic E-state index is 0.0424. The molecule has 4 rings (SSSR count). The second-order valence-corrected chi connectivity index (χ2v) is 7.61. The summed E-state index contributed by atoms with van der Waals surface area (Å²) in [5.41, 5.74) is 1.43. The van der Waals surface area contributed by atoms with Crippen molar-refractivity contribution in [1.29, 1.82) is 0 Å². The molecule has 1 atom stereocenters. The highest BCUT2D eigenvalue weighted by Crippen LogP contribution is 2.40. The van der Waals surface area contributed by atoms with Crippen LogP contribution in [0, 0.1) is 5.92 Å². The normalized spacial score (nSPS) is 19.5. The largest absolute Gasteiger partial charge is 0.467 e. The van der Waals surface area contributed by atoms with E-state index in [9.17, 15) is 9.90 Å². The highest BCUT2D eigenvalue weighted by molar-refractivity contribution is 7.19. The molecule has 1 fully saturated rings. The van der Waals surface area contributed by atoms with Crippen LogP contribution in [-0.4, -0.2) is 47.3 Å². The van der Waals surface area contributed by atoms with E-state index in [1.54, 1.807) is 17.7 Å². The maximum absolute atomic E-state index is 11.5. The first kappa shape index (κ1) is 15.8. The van der Waals surface area contributed by atoms with Crippen molar-refractivity contribution in [3.63, 3.8) is 0 Å². The zero-order chi connectivity index (χ0) is 16.7. The first-order chi connectivity index (χ1) is 11.7. The fraction of sp³-hybridized carbons (Fsp3) is 0.588. The molecule has 6 nitrogen and oxygen atoms in total. The Morgan fingerprint density at radius 1 is 1.38 bits per heavy atom. The summed E-state index contributed by atoms with van der Waals surface area (Å²) in [5, 5.41) is 11.3. The van der Waals surface area contributed by atoms with Crippen LogP contribution in [-0.2, 0) is 22.4 Å². The third kappa shape index (κ3) is 2.56. The number of esters is 1. The van der Waals surface area contributed by atoms with Gasteiger partial charge < -0.3 is 14.7 Å². The molecule has 1 saturated heterocycles. The minimum Gasteiger partial charge on any atom is -0.467 e. The van der Waals surface area contributed by atoms with Crippen molar-refractivity contribution in [2.75, 3.05) is 25.1 Å². The van der Waals surface area contributed by atoms with Gasteiger partial charge in [-0.05, 0) is 43.6 Å². The van der Waals surface area contributed by atoms with Gasteiger partial charge in [0.25, 0.3) is 0 Å². The van der Waals surface area contributed by atoms with Crippen molar-refractivity contribution >= 4 is 33.3 Å². The number of ether oxygens (including phenoxy) is 1. The lowest BCUT2D eigenvalue weighted by Crippen LogP contribution is -2.41. The molecule has 2 aromatic heterocycles. The maximum atomic E-state index is 11.5. The lowest BCUT2D eigenvalue weighted by atomic mass is 9.91. The second-order valence-electron chi connectivity index (χ2n) is 6.53. The average Bonchev–Trinajstić information content (AvgIpc) is 3.21. The molecule has 2 aliphatic rings. The number of piperidine rings is 1. The van der Waals surface area contributed by atoms with Gasteiger partial charge in [0.1, 0.15) is 17.0 Å². The Hall–Kier alpha value is -1.73. The molecule has 0 saturated carbocycles. The molecular weight excluding hydrogens is 326 g/mol. The van der Waals surface area contributed by atoms with Crippen LogP contribution in [0.1, 0.15) is 29.7 Å². The summed E-state index contributed by atoms with van der Waals surface area (Å²) in [6, 6.07) is 0. The molecular formula is C17H21N3O3S. The van der Waals surface area contributed by atoms with Crippen LogP contribution >= 0.6 is 11.3 Å². The van der Waals surface area contributed by atoms with Crippen LogP contribution in [0.5, 0.6) is 0 Å². The summed E-state index contributed by atoms with van der Waals surface area (Å²) in [6.45, 7) is 1.57. The van der Waals surface area contributed by atoms with Crippen LogP contribution in [0.4, 0.5) is 5.82 Å². The predicted molar refractivity (Wildman–Crippen MR) is 92.4 cm³/mol. The topological polar surface area (TPSA) is 75.6 Å². The van der Waals surface area contributed by atoms with Gasteiger partial charge in [0.15, 0.2) is 6.10 Å². The van der Waals surface area contributed by atoms with Gasteiger partial charge in [0.05, 0.1) is 12.5 Å². The number of fused-ring (bicyclic) bond motifs is 3. The number of nitrogens with zero attached hydrogens (tertiary/aromatic N) is 3. The number of aliphatic hydroxyl groups is 1. The number of carbonyl (C=O) groups is 1. The van der Waals surface area contributed by atoms with E-state index in [1.807, 2.05) is 0 Å².